The maximum absolute atomic E-state index is 9.28. The van der Waals surface area contributed by atoms with Gasteiger partial charge in [0.2, 0.25) is 0 Å². The number of fused-ring (bicyclic) bond motifs is 2. The number of imidazole rings is 2. The number of allylic oxidation sites excluding steroid dienone is 2. The van der Waals surface area contributed by atoms with Crippen molar-refractivity contribution in [3.8, 4) is 34.4 Å². The fourth-order valence-electron chi connectivity index (χ4n) is 7.71. The standard InChI is InChI=1S/2C23H22N4/c2*1-15-11-22-23(27-14-26-22)20(16(15)2)10-9-19-8-7-18(13-25-19)21-6-4-3-5-17(21)12-24/h2*3-10,13-16,20H,11H2,1-2H3,(H,26,27)/b2*10-9+/t2*15-,16+,20-/m00/s1. The SMILES string of the molecule is C[C@H]1[C@H](/C=C/c2ccc(-c3ccccc3C#N)cn2)c2nc[nH]c2C[C@@H]1C.C[C@H]1[C@H](/C=C/c2ccc(-c3ccccc3C#N)cn2)c2nc[nH]c2C[C@@H]1C. The van der Waals surface area contributed by atoms with Crippen LogP contribution in [0.25, 0.3) is 34.4 Å². The number of nitrogens with zero attached hydrogens (tertiary/aromatic N) is 6. The van der Waals surface area contributed by atoms with E-state index < -0.39 is 0 Å². The first-order valence-electron chi connectivity index (χ1n) is 18.7. The average Bonchev–Trinajstić information content (AvgIpc) is 3.88. The highest BCUT2D eigenvalue weighted by Gasteiger charge is 2.33. The van der Waals surface area contributed by atoms with Crippen LogP contribution in [0.15, 0.2) is 110 Å². The zero-order valence-electron chi connectivity index (χ0n) is 31.1. The lowest BCUT2D eigenvalue weighted by molar-refractivity contribution is 0.326. The molecular weight excluding hydrogens is 665 g/mol. The number of H-pyrrole nitrogens is 2. The van der Waals surface area contributed by atoms with E-state index in [-0.39, 0.29) is 0 Å². The Labute approximate surface area is 317 Å². The molecule has 4 heterocycles. The van der Waals surface area contributed by atoms with Crippen LogP contribution in [-0.2, 0) is 12.8 Å². The number of aromatic nitrogens is 6. The summed E-state index contributed by atoms with van der Waals surface area (Å²) in [5.41, 5.74) is 11.7. The van der Waals surface area contributed by atoms with Crippen LogP contribution < -0.4 is 0 Å². The zero-order valence-corrected chi connectivity index (χ0v) is 31.1. The first kappa shape index (κ1) is 36.0. The van der Waals surface area contributed by atoms with Gasteiger partial charge in [0.05, 0.1) is 58.7 Å². The maximum Gasteiger partial charge on any atom is 0.0998 e. The second-order valence-corrected chi connectivity index (χ2v) is 14.6. The minimum Gasteiger partial charge on any atom is -0.348 e. The van der Waals surface area contributed by atoms with Gasteiger partial charge in [0.25, 0.3) is 0 Å². The molecule has 0 spiro atoms. The van der Waals surface area contributed by atoms with E-state index in [0.717, 1.165) is 57.9 Å². The van der Waals surface area contributed by atoms with Gasteiger partial charge in [-0.1, -0.05) is 88.4 Å². The lowest BCUT2D eigenvalue weighted by atomic mass is 9.74. The van der Waals surface area contributed by atoms with Crippen molar-refractivity contribution in [2.24, 2.45) is 23.7 Å². The molecule has 8 heteroatoms. The highest BCUT2D eigenvalue weighted by Crippen LogP contribution is 2.40. The van der Waals surface area contributed by atoms with Gasteiger partial charge in [-0.25, -0.2) is 9.97 Å². The lowest BCUT2D eigenvalue weighted by Crippen LogP contribution is -2.24. The summed E-state index contributed by atoms with van der Waals surface area (Å²) >= 11 is 0. The zero-order chi connectivity index (χ0) is 37.6. The molecule has 8 nitrogen and oxygen atoms in total. The number of benzene rings is 2. The Morgan fingerprint density at radius 2 is 1.00 bits per heavy atom. The number of nitrogens with one attached hydrogen (secondary N) is 2. The van der Waals surface area contributed by atoms with Crippen molar-refractivity contribution >= 4 is 12.2 Å². The molecule has 0 saturated carbocycles. The van der Waals surface area contributed by atoms with E-state index in [9.17, 15) is 10.5 Å². The van der Waals surface area contributed by atoms with E-state index in [0.29, 0.717) is 46.6 Å². The van der Waals surface area contributed by atoms with E-state index in [1.165, 1.54) is 11.4 Å². The van der Waals surface area contributed by atoms with Crippen molar-refractivity contribution in [1.29, 1.82) is 10.5 Å². The summed E-state index contributed by atoms with van der Waals surface area (Å²) in [6, 6.07) is 27.7. The summed E-state index contributed by atoms with van der Waals surface area (Å²) < 4.78 is 0. The number of nitriles is 2. The number of hydrogen-bond acceptors (Lipinski definition) is 6. The fraction of sp³-hybridized carbons (Fsp3) is 0.261. The van der Waals surface area contributed by atoms with Crippen molar-refractivity contribution in [2.75, 3.05) is 0 Å². The predicted molar refractivity (Wildman–Crippen MR) is 214 cm³/mol. The molecule has 0 aliphatic heterocycles. The molecule has 2 N–H and O–H groups in total. The van der Waals surface area contributed by atoms with E-state index in [1.807, 2.05) is 85.2 Å². The molecule has 268 valence electrons. The Kier molecular flexibility index (Phi) is 10.7. The van der Waals surface area contributed by atoms with Gasteiger partial charge < -0.3 is 9.97 Å². The van der Waals surface area contributed by atoms with Crippen LogP contribution in [-0.4, -0.2) is 29.9 Å². The molecular formula is C46H44N8. The normalized spacial score (nSPS) is 21.7. The smallest absolute Gasteiger partial charge is 0.0998 e. The van der Waals surface area contributed by atoms with Crippen LogP contribution in [0, 0.1) is 46.3 Å². The summed E-state index contributed by atoms with van der Waals surface area (Å²) in [6.45, 7) is 9.20. The summed E-state index contributed by atoms with van der Waals surface area (Å²) in [5.74, 6) is 2.92. The second-order valence-electron chi connectivity index (χ2n) is 14.6. The Morgan fingerprint density at radius 1 is 0.574 bits per heavy atom. The monoisotopic (exact) mass is 708 g/mol. The summed E-state index contributed by atoms with van der Waals surface area (Å²) in [4.78, 5) is 24.8. The summed E-state index contributed by atoms with van der Waals surface area (Å²) in [7, 11) is 0. The first-order chi connectivity index (χ1) is 26.3. The predicted octanol–water partition coefficient (Wildman–Crippen LogP) is 9.94. The Morgan fingerprint density at radius 3 is 1.39 bits per heavy atom. The topological polar surface area (TPSA) is 131 Å². The number of hydrogen-bond donors (Lipinski definition) is 2. The molecule has 0 fully saturated rings. The van der Waals surface area contributed by atoms with Crippen molar-refractivity contribution in [1.82, 2.24) is 29.9 Å². The molecule has 6 aromatic rings. The molecule has 6 atom stereocenters. The molecule has 2 aliphatic rings. The largest absolute Gasteiger partial charge is 0.348 e. The number of rotatable bonds is 6. The first-order valence-corrected chi connectivity index (χ1v) is 18.7. The van der Waals surface area contributed by atoms with Crippen LogP contribution in [0.1, 0.15) is 84.8 Å². The molecule has 0 bridgehead atoms. The second kappa shape index (κ2) is 16.1. The quantitative estimate of drug-likeness (QED) is 0.177. The van der Waals surface area contributed by atoms with Gasteiger partial charge in [-0.3, -0.25) is 9.97 Å². The van der Waals surface area contributed by atoms with Crippen LogP contribution in [0.2, 0.25) is 0 Å². The van der Waals surface area contributed by atoms with Crippen molar-refractivity contribution in [2.45, 2.75) is 52.4 Å². The third kappa shape index (κ3) is 7.56. The molecule has 8 rings (SSSR count). The Balaban J connectivity index is 0.000000167. The Hall–Kier alpha value is -6.38. The van der Waals surface area contributed by atoms with Gasteiger partial charge in [0.15, 0.2) is 0 Å². The van der Waals surface area contributed by atoms with E-state index in [1.54, 1.807) is 12.7 Å². The fourth-order valence-corrected chi connectivity index (χ4v) is 7.71. The van der Waals surface area contributed by atoms with Crippen LogP contribution in [0.3, 0.4) is 0 Å². The molecule has 2 aromatic carbocycles. The van der Waals surface area contributed by atoms with E-state index in [2.05, 4.69) is 94.0 Å². The maximum atomic E-state index is 9.28. The van der Waals surface area contributed by atoms with Crippen molar-refractivity contribution in [3.05, 3.63) is 155 Å². The third-order valence-corrected chi connectivity index (χ3v) is 11.4. The van der Waals surface area contributed by atoms with Crippen LogP contribution in [0.5, 0.6) is 0 Å². The molecule has 0 unspecified atom stereocenters. The number of aromatic amines is 2. The number of pyridine rings is 2. The highest BCUT2D eigenvalue weighted by molar-refractivity contribution is 5.71. The van der Waals surface area contributed by atoms with Crippen molar-refractivity contribution in [3.63, 3.8) is 0 Å². The van der Waals surface area contributed by atoms with Gasteiger partial charge >= 0.3 is 0 Å². The molecule has 0 saturated heterocycles. The lowest BCUT2D eigenvalue weighted by Gasteiger charge is -2.31. The van der Waals surface area contributed by atoms with Gasteiger partial charge in [0.1, 0.15) is 0 Å². The Bertz CT molecular complexity index is 2180. The summed E-state index contributed by atoms with van der Waals surface area (Å²) in [6.07, 6.45) is 18.0. The summed E-state index contributed by atoms with van der Waals surface area (Å²) in [5, 5.41) is 18.6. The third-order valence-electron chi connectivity index (χ3n) is 11.4. The van der Waals surface area contributed by atoms with Gasteiger partial charge in [-0.05, 0) is 72.9 Å². The van der Waals surface area contributed by atoms with Crippen molar-refractivity contribution < 1.29 is 0 Å². The highest BCUT2D eigenvalue weighted by atomic mass is 14.9. The van der Waals surface area contributed by atoms with E-state index >= 15 is 0 Å². The van der Waals surface area contributed by atoms with Crippen LogP contribution >= 0.6 is 0 Å². The van der Waals surface area contributed by atoms with Gasteiger partial charge in [-0.2, -0.15) is 10.5 Å². The molecule has 54 heavy (non-hydrogen) atoms. The molecule has 0 radical (unpaired) electrons. The average molecular weight is 709 g/mol. The van der Waals surface area contributed by atoms with E-state index in [4.69, 9.17) is 0 Å². The molecule has 0 amide bonds. The molecule has 4 aromatic heterocycles. The minimum atomic E-state index is 0.302. The molecule has 2 aliphatic carbocycles. The van der Waals surface area contributed by atoms with Gasteiger partial charge in [0, 0.05) is 57.9 Å². The van der Waals surface area contributed by atoms with Crippen LogP contribution in [0.4, 0.5) is 0 Å². The van der Waals surface area contributed by atoms with Gasteiger partial charge in [-0.15, -0.1) is 0 Å². The minimum absolute atomic E-state index is 0.302.